The minimum atomic E-state index is -0.293. The fraction of sp³-hybridized carbons (Fsp3) is 0.350. The number of carbonyl (C=O) groups is 1. The van der Waals surface area contributed by atoms with Crippen molar-refractivity contribution in [2.45, 2.75) is 32.3 Å². The minimum absolute atomic E-state index is 0.0372. The second-order valence-electron chi connectivity index (χ2n) is 6.32. The van der Waals surface area contributed by atoms with Gasteiger partial charge in [0.1, 0.15) is 17.7 Å². The zero-order chi connectivity index (χ0) is 16.9. The summed E-state index contributed by atoms with van der Waals surface area (Å²) >= 11 is 0. The van der Waals surface area contributed by atoms with Gasteiger partial charge in [-0.1, -0.05) is 35.9 Å². The second kappa shape index (κ2) is 7.47. The summed E-state index contributed by atoms with van der Waals surface area (Å²) in [4.78, 5) is 14.3. The maximum Gasteiger partial charge on any atom is 0.226 e. The van der Waals surface area contributed by atoms with Crippen LogP contribution in [-0.2, 0) is 11.2 Å². The van der Waals surface area contributed by atoms with Gasteiger partial charge < -0.3 is 9.64 Å². The van der Waals surface area contributed by atoms with Crippen LogP contribution in [0.2, 0.25) is 0 Å². The third kappa shape index (κ3) is 4.34. The fourth-order valence-electron chi connectivity index (χ4n) is 2.95. The Labute approximate surface area is 142 Å². The van der Waals surface area contributed by atoms with Gasteiger partial charge in [0, 0.05) is 32.0 Å². The SMILES string of the molecule is Cc1ccc(CC(=O)N2CCC(Oc3cccc(F)c3)CC2)cc1. The number of carbonyl (C=O) groups excluding carboxylic acids is 1. The van der Waals surface area contributed by atoms with Gasteiger partial charge in [-0.05, 0) is 24.6 Å². The normalized spacial score (nSPS) is 15.3. The van der Waals surface area contributed by atoms with E-state index in [1.54, 1.807) is 12.1 Å². The highest BCUT2D eigenvalue weighted by Gasteiger charge is 2.24. The molecular weight excluding hydrogens is 305 g/mol. The van der Waals surface area contributed by atoms with E-state index in [0.717, 1.165) is 18.4 Å². The third-order valence-electron chi connectivity index (χ3n) is 4.37. The van der Waals surface area contributed by atoms with E-state index in [4.69, 9.17) is 4.74 Å². The van der Waals surface area contributed by atoms with Crippen molar-refractivity contribution in [3.05, 3.63) is 65.5 Å². The number of likely N-dealkylation sites (tertiary alicyclic amines) is 1. The van der Waals surface area contributed by atoms with E-state index < -0.39 is 0 Å². The Kier molecular flexibility index (Phi) is 5.14. The predicted molar refractivity (Wildman–Crippen MR) is 91.5 cm³/mol. The number of halogens is 1. The van der Waals surface area contributed by atoms with Gasteiger partial charge in [-0.25, -0.2) is 4.39 Å². The lowest BCUT2D eigenvalue weighted by atomic mass is 10.1. The summed E-state index contributed by atoms with van der Waals surface area (Å²) in [6.07, 6.45) is 2.03. The molecule has 0 bridgehead atoms. The first kappa shape index (κ1) is 16.5. The van der Waals surface area contributed by atoms with Crippen molar-refractivity contribution in [2.24, 2.45) is 0 Å². The lowest BCUT2D eigenvalue weighted by Crippen LogP contribution is -2.42. The van der Waals surface area contributed by atoms with Gasteiger partial charge in [0.05, 0.1) is 6.42 Å². The molecule has 3 rings (SSSR count). The van der Waals surface area contributed by atoms with Crippen molar-refractivity contribution < 1.29 is 13.9 Å². The Balaban J connectivity index is 1.49. The summed E-state index contributed by atoms with van der Waals surface area (Å²) < 4.78 is 19.0. The number of ether oxygens (including phenoxy) is 1. The number of hydrogen-bond donors (Lipinski definition) is 0. The molecule has 0 atom stereocenters. The summed E-state index contributed by atoms with van der Waals surface area (Å²) in [6, 6.07) is 14.3. The van der Waals surface area contributed by atoms with Gasteiger partial charge in [0.2, 0.25) is 5.91 Å². The first-order valence-electron chi connectivity index (χ1n) is 8.36. The molecular formula is C20H22FNO2. The van der Waals surface area contributed by atoms with Crippen LogP contribution in [0.5, 0.6) is 5.75 Å². The van der Waals surface area contributed by atoms with Crippen LogP contribution in [0, 0.1) is 12.7 Å². The molecule has 0 aliphatic carbocycles. The summed E-state index contributed by atoms with van der Waals surface area (Å²) in [5.41, 5.74) is 2.24. The van der Waals surface area contributed by atoms with Crippen molar-refractivity contribution in [1.82, 2.24) is 4.90 Å². The summed E-state index contributed by atoms with van der Waals surface area (Å²) in [7, 11) is 0. The van der Waals surface area contributed by atoms with E-state index in [9.17, 15) is 9.18 Å². The van der Waals surface area contributed by atoms with Crippen LogP contribution < -0.4 is 4.74 Å². The average Bonchev–Trinajstić information content (AvgIpc) is 2.57. The molecule has 4 heteroatoms. The first-order valence-corrected chi connectivity index (χ1v) is 8.36. The molecule has 0 N–H and O–H groups in total. The van der Waals surface area contributed by atoms with Crippen LogP contribution in [0.15, 0.2) is 48.5 Å². The monoisotopic (exact) mass is 327 g/mol. The quantitative estimate of drug-likeness (QED) is 0.856. The van der Waals surface area contributed by atoms with E-state index in [1.807, 2.05) is 36.1 Å². The summed E-state index contributed by atoms with van der Waals surface area (Å²) in [5.74, 6) is 0.417. The Hall–Kier alpha value is -2.36. The Morgan fingerprint density at radius 3 is 2.54 bits per heavy atom. The Morgan fingerprint density at radius 2 is 1.88 bits per heavy atom. The zero-order valence-corrected chi connectivity index (χ0v) is 13.9. The van der Waals surface area contributed by atoms with Gasteiger partial charge in [-0.3, -0.25) is 4.79 Å². The molecule has 1 fully saturated rings. The van der Waals surface area contributed by atoms with Crippen LogP contribution >= 0.6 is 0 Å². The molecule has 1 saturated heterocycles. The number of benzene rings is 2. The Bertz CT molecular complexity index is 691. The molecule has 0 aromatic heterocycles. The third-order valence-corrected chi connectivity index (χ3v) is 4.37. The second-order valence-corrected chi connectivity index (χ2v) is 6.32. The number of piperidine rings is 1. The fourth-order valence-corrected chi connectivity index (χ4v) is 2.95. The summed E-state index contributed by atoms with van der Waals surface area (Å²) in [6.45, 7) is 3.41. The number of nitrogens with zero attached hydrogens (tertiary/aromatic N) is 1. The van der Waals surface area contributed by atoms with Crippen molar-refractivity contribution in [3.8, 4) is 5.75 Å². The van der Waals surface area contributed by atoms with Gasteiger partial charge in [0.15, 0.2) is 0 Å². The van der Waals surface area contributed by atoms with Crippen LogP contribution in [-0.4, -0.2) is 30.0 Å². The summed E-state index contributed by atoms with van der Waals surface area (Å²) in [5, 5.41) is 0. The van der Waals surface area contributed by atoms with E-state index >= 15 is 0 Å². The van der Waals surface area contributed by atoms with Gasteiger partial charge >= 0.3 is 0 Å². The van der Waals surface area contributed by atoms with Crippen molar-refractivity contribution in [2.75, 3.05) is 13.1 Å². The van der Waals surface area contributed by atoms with E-state index in [2.05, 4.69) is 0 Å². The number of aryl methyl sites for hydroxylation is 1. The standard InChI is InChI=1S/C20H22FNO2/c1-15-5-7-16(8-6-15)13-20(23)22-11-9-18(10-12-22)24-19-4-2-3-17(21)14-19/h2-8,14,18H,9-13H2,1H3. The highest BCUT2D eigenvalue weighted by molar-refractivity contribution is 5.78. The van der Waals surface area contributed by atoms with Crippen molar-refractivity contribution in [3.63, 3.8) is 0 Å². The molecule has 1 amide bonds. The zero-order valence-electron chi connectivity index (χ0n) is 13.9. The van der Waals surface area contributed by atoms with Crippen LogP contribution in [0.1, 0.15) is 24.0 Å². The topological polar surface area (TPSA) is 29.5 Å². The Morgan fingerprint density at radius 1 is 1.17 bits per heavy atom. The largest absolute Gasteiger partial charge is 0.490 e. The molecule has 2 aromatic rings. The molecule has 24 heavy (non-hydrogen) atoms. The lowest BCUT2D eigenvalue weighted by molar-refractivity contribution is -0.132. The molecule has 2 aromatic carbocycles. The average molecular weight is 327 g/mol. The van der Waals surface area contributed by atoms with Gasteiger partial charge in [-0.2, -0.15) is 0 Å². The molecule has 0 spiro atoms. The minimum Gasteiger partial charge on any atom is -0.490 e. The van der Waals surface area contributed by atoms with E-state index in [1.165, 1.54) is 17.7 Å². The molecule has 0 radical (unpaired) electrons. The number of amides is 1. The van der Waals surface area contributed by atoms with Crippen molar-refractivity contribution >= 4 is 5.91 Å². The lowest BCUT2D eigenvalue weighted by Gasteiger charge is -2.32. The van der Waals surface area contributed by atoms with Gasteiger partial charge in [-0.15, -0.1) is 0 Å². The molecule has 1 heterocycles. The molecule has 3 nitrogen and oxygen atoms in total. The smallest absolute Gasteiger partial charge is 0.226 e. The van der Waals surface area contributed by atoms with Crippen LogP contribution in [0.25, 0.3) is 0 Å². The molecule has 0 unspecified atom stereocenters. The van der Waals surface area contributed by atoms with E-state index in [0.29, 0.717) is 25.3 Å². The first-order chi connectivity index (χ1) is 11.6. The van der Waals surface area contributed by atoms with Crippen molar-refractivity contribution in [1.29, 1.82) is 0 Å². The predicted octanol–water partition coefficient (Wildman–Crippen LogP) is 3.75. The van der Waals surface area contributed by atoms with E-state index in [-0.39, 0.29) is 17.8 Å². The maximum absolute atomic E-state index is 13.2. The van der Waals surface area contributed by atoms with Crippen LogP contribution in [0.4, 0.5) is 4.39 Å². The number of rotatable bonds is 4. The highest BCUT2D eigenvalue weighted by atomic mass is 19.1. The number of hydrogen-bond acceptors (Lipinski definition) is 2. The molecule has 1 aliphatic rings. The maximum atomic E-state index is 13.2. The van der Waals surface area contributed by atoms with Gasteiger partial charge in [0.25, 0.3) is 0 Å². The highest BCUT2D eigenvalue weighted by Crippen LogP contribution is 2.20. The molecule has 0 saturated carbocycles. The molecule has 126 valence electrons. The van der Waals surface area contributed by atoms with Crippen LogP contribution in [0.3, 0.4) is 0 Å². The molecule has 1 aliphatic heterocycles.